The van der Waals surface area contributed by atoms with E-state index < -0.39 is 0 Å². The van der Waals surface area contributed by atoms with Gasteiger partial charge >= 0.3 is 0 Å². The summed E-state index contributed by atoms with van der Waals surface area (Å²) >= 11 is 3.46. The number of rotatable bonds is 3. The smallest absolute Gasteiger partial charge is 0.0940 e. The Morgan fingerprint density at radius 1 is 1.47 bits per heavy atom. The summed E-state index contributed by atoms with van der Waals surface area (Å²) in [5.74, 6) is 0. The van der Waals surface area contributed by atoms with Gasteiger partial charge in [-0.15, -0.1) is 0 Å². The lowest BCUT2D eigenvalue weighted by molar-refractivity contribution is -0.150. The lowest BCUT2D eigenvalue weighted by Gasteiger charge is -2.42. The van der Waals surface area contributed by atoms with Gasteiger partial charge in [-0.2, -0.15) is 0 Å². The Labute approximate surface area is 122 Å². The van der Waals surface area contributed by atoms with Gasteiger partial charge in [0.15, 0.2) is 0 Å². The predicted octanol–water partition coefficient (Wildman–Crippen LogP) is 2.00. The number of aliphatic hydroxyl groups excluding tert-OH is 1. The molecule has 0 bridgehead atoms. The van der Waals surface area contributed by atoms with Gasteiger partial charge < -0.3 is 15.6 Å². The van der Waals surface area contributed by atoms with Crippen LogP contribution in [0.25, 0.3) is 0 Å². The zero-order chi connectivity index (χ0) is 14.0. The standard InChI is InChI=1S/C14H21BrN2O2/c1-14(2)9-17(7-13(8-18)19-14)6-10-3-11(15)5-12(16)4-10/h3-5,13,18H,6-9,16H2,1-2H3. The van der Waals surface area contributed by atoms with Gasteiger partial charge in [-0.1, -0.05) is 15.9 Å². The fourth-order valence-corrected chi connectivity index (χ4v) is 3.22. The number of anilines is 1. The minimum absolute atomic E-state index is 0.0561. The summed E-state index contributed by atoms with van der Waals surface area (Å²) in [6.45, 7) is 6.56. The molecule has 4 nitrogen and oxygen atoms in total. The van der Waals surface area contributed by atoms with Gasteiger partial charge in [-0.25, -0.2) is 0 Å². The molecular formula is C14H21BrN2O2. The van der Waals surface area contributed by atoms with Crippen molar-refractivity contribution >= 4 is 21.6 Å². The van der Waals surface area contributed by atoms with E-state index in [4.69, 9.17) is 10.5 Å². The number of halogens is 1. The molecule has 1 aliphatic rings. The van der Waals surface area contributed by atoms with Crippen LogP contribution in [0.1, 0.15) is 19.4 Å². The summed E-state index contributed by atoms with van der Waals surface area (Å²) in [6.07, 6.45) is -0.117. The Hall–Kier alpha value is -0.620. The molecular weight excluding hydrogens is 308 g/mol. The summed E-state index contributed by atoms with van der Waals surface area (Å²) in [4.78, 5) is 2.30. The molecule has 1 aromatic rings. The van der Waals surface area contributed by atoms with Crippen molar-refractivity contribution < 1.29 is 9.84 Å². The Balaban J connectivity index is 2.09. The van der Waals surface area contributed by atoms with Crippen molar-refractivity contribution in [2.24, 2.45) is 0 Å². The van der Waals surface area contributed by atoms with Crippen LogP contribution in [0, 0.1) is 0 Å². The molecule has 1 fully saturated rings. The maximum Gasteiger partial charge on any atom is 0.0940 e. The topological polar surface area (TPSA) is 58.7 Å². The average Bonchev–Trinajstić information content (AvgIpc) is 2.25. The van der Waals surface area contributed by atoms with Gasteiger partial charge in [0.2, 0.25) is 0 Å². The third-order valence-corrected chi connectivity index (χ3v) is 3.60. The fourth-order valence-electron chi connectivity index (χ4n) is 2.66. The highest BCUT2D eigenvalue weighted by atomic mass is 79.9. The number of ether oxygens (including phenoxy) is 1. The molecule has 19 heavy (non-hydrogen) atoms. The SMILES string of the molecule is CC1(C)CN(Cc2cc(N)cc(Br)c2)CC(CO)O1. The van der Waals surface area contributed by atoms with E-state index in [1.54, 1.807) is 0 Å². The quantitative estimate of drug-likeness (QED) is 0.833. The number of morpholine rings is 1. The normalized spacial score (nSPS) is 23.5. The van der Waals surface area contributed by atoms with Crippen LogP contribution in [0.3, 0.4) is 0 Å². The van der Waals surface area contributed by atoms with Gasteiger partial charge in [0.25, 0.3) is 0 Å². The minimum Gasteiger partial charge on any atom is -0.399 e. The van der Waals surface area contributed by atoms with Crippen molar-refractivity contribution in [2.75, 3.05) is 25.4 Å². The Morgan fingerprint density at radius 3 is 2.84 bits per heavy atom. The average molecular weight is 329 g/mol. The molecule has 0 spiro atoms. The van der Waals surface area contributed by atoms with Crippen LogP contribution in [-0.2, 0) is 11.3 Å². The molecule has 0 aromatic heterocycles. The van der Waals surface area contributed by atoms with Gasteiger partial charge in [-0.3, -0.25) is 4.90 Å². The van der Waals surface area contributed by atoms with Crippen LogP contribution in [-0.4, -0.2) is 41.4 Å². The number of hydrogen-bond acceptors (Lipinski definition) is 4. The lowest BCUT2D eigenvalue weighted by Crippen LogP contribution is -2.53. The lowest BCUT2D eigenvalue weighted by atomic mass is 10.0. The first-order valence-electron chi connectivity index (χ1n) is 6.44. The third kappa shape index (κ3) is 4.18. The molecule has 1 saturated heterocycles. The van der Waals surface area contributed by atoms with Crippen LogP contribution in [0.15, 0.2) is 22.7 Å². The Kier molecular flexibility index (Phi) is 4.50. The zero-order valence-electron chi connectivity index (χ0n) is 11.4. The van der Waals surface area contributed by atoms with Crippen molar-refractivity contribution in [3.05, 3.63) is 28.2 Å². The summed E-state index contributed by atoms with van der Waals surface area (Å²) in [7, 11) is 0. The van der Waals surface area contributed by atoms with Crippen LogP contribution in [0.4, 0.5) is 5.69 Å². The van der Waals surface area contributed by atoms with Crippen molar-refractivity contribution in [1.82, 2.24) is 4.90 Å². The van der Waals surface area contributed by atoms with Crippen LogP contribution in [0.2, 0.25) is 0 Å². The van der Waals surface area contributed by atoms with Crippen LogP contribution >= 0.6 is 15.9 Å². The summed E-state index contributed by atoms with van der Waals surface area (Å²) in [5, 5.41) is 9.32. The molecule has 1 heterocycles. The number of aliphatic hydroxyl groups is 1. The first-order chi connectivity index (χ1) is 8.88. The second kappa shape index (κ2) is 5.79. The molecule has 5 heteroatoms. The molecule has 0 amide bonds. The molecule has 0 radical (unpaired) electrons. The van der Waals surface area contributed by atoms with E-state index in [9.17, 15) is 5.11 Å². The Morgan fingerprint density at radius 2 is 2.21 bits per heavy atom. The van der Waals surface area contributed by atoms with E-state index in [-0.39, 0.29) is 18.3 Å². The molecule has 106 valence electrons. The minimum atomic E-state index is -0.233. The molecule has 3 N–H and O–H groups in total. The zero-order valence-corrected chi connectivity index (χ0v) is 13.0. The van der Waals surface area contributed by atoms with E-state index in [2.05, 4.69) is 40.7 Å². The highest BCUT2D eigenvalue weighted by molar-refractivity contribution is 9.10. The molecule has 1 unspecified atom stereocenters. The maximum absolute atomic E-state index is 9.32. The van der Waals surface area contributed by atoms with E-state index in [1.807, 2.05) is 12.1 Å². The Bertz CT molecular complexity index is 431. The van der Waals surface area contributed by atoms with Gasteiger partial charge in [0.1, 0.15) is 0 Å². The number of nitrogens with zero attached hydrogens (tertiary/aromatic N) is 1. The summed E-state index contributed by atoms with van der Waals surface area (Å²) in [5.41, 5.74) is 7.55. The summed E-state index contributed by atoms with van der Waals surface area (Å²) < 4.78 is 6.81. The summed E-state index contributed by atoms with van der Waals surface area (Å²) in [6, 6.07) is 5.96. The predicted molar refractivity (Wildman–Crippen MR) is 79.9 cm³/mol. The molecule has 0 aliphatic carbocycles. The first-order valence-corrected chi connectivity index (χ1v) is 7.23. The van der Waals surface area contributed by atoms with Crippen molar-refractivity contribution in [3.8, 4) is 0 Å². The van der Waals surface area contributed by atoms with Crippen LogP contribution in [0.5, 0.6) is 0 Å². The van der Waals surface area contributed by atoms with E-state index >= 15 is 0 Å². The fraction of sp³-hybridized carbons (Fsp3) is 0.571. The van der Waals surface area contributed by atoms with Crippen LogP contribution < -0.4 is 5.73 Å². The molecule has 1 aromatic carbocycles. The monoisotopic (exact) mass is 328 g/mol. The van der Waals surface area contributed by atoms with Gasteiger partial charge in [0, 0.05) is 29.8 Å². The molecule has 0 saturated carbocycles. The third-order valence-electron chi connectivity index (χ3n) is 3.14. The maximum atomic E-state index is 9.32. The first kappa shape index (κ1) is 14.8. The second-order valence-electron chi connectivity index (χ2n) is 5.74. The van der Waals surface area contributed by atoms with Gasteiger partial charge in [0.05, 0.1) is 18.3 Å². The molecule has 2 rings (SSSR count). The van der Waals surface area contributed by atoms with Crippen molar-refractivity contribution in [2.45, 2.75) is 32.1 Å². The van der Waals surface area contributed by atoms with E-state index in [0.717, 1.165) is 29.8 Å². The van der Waals surface area contributed by atoms with E-state index in [0.29, 0.717) is 0 Å². The van der Waals surface area contributed by atoms with E-state index in [1.165, 1.54) is 5.56 Å². The number of nitrogen functional groups attached to an aromatic ring is 1. The number of nitrogens with two attached hydrogens (primary N) is 1. The highest BCUT2D eigenvalue weighted by Crippen LogP contribution is 2.24. The van der Waals surface area contributed by atoms with Crippen molar-refractivity contribution in [1.29, 1.82) is 0 Å². The second-order valence-corrected chi connectivity index (χ2v) is 6.66. The van der Waals surface area contributed by atoms with Gasteiger partial charge in [-0.05, 0) is 37.6 Å². The van der Waals surface area contributed by atoms with Crippen molar-refractivity contribution in [3.63, 3.8) is 0 Å². The number of hydrogen-bond donors (Lipinski definition) is 2. The highest BCUT2D eigenvalue weighted by Gasteiger charge is 2.32. The largest absolute Gasteiger partial charge is 0.399 e. The number of benzene rings is 1. The molecule has 1 aliphatic heterocycles. The molecule has 1 atom stereocenters.